The molecule has 26 heavy (non-hydrogen) atoms. The lowest BCUT2D eigenvalue weighted by Crippen LogP contribution is -2.41. The van der Waals surface area contributed by atoms with Gasteiger partial charge in [-0.15, -0.1) is 24.0 Å². The van der Waals surface area contributed by atoms with Crippen LogP contribution in [0.1, 0.15) is 53.4 Å². The molecule has 1 heterocycles. The van der Waals surface area contributed by atoms with Gasteiger partial charge < -0.3 is 20.4 Å². The molecule has 1 rings (SSSR count). The SMILES string of the molecule is CCCN1CCC(CN=C(NCC)NCCC(=O)N(CC)CC)CC1.I. The Balaban J connectivity index is 0.00000625. The molecule has 2 N–H and O–H groups in total. The number of likely N-dealkylation sites (tertiary alicyclic amines) is 1. The number of carbonyl (C=O) groups is 1. The Morgan fingerprint density at radius 2 is 1.77 bits per heavy atom. The van der Waals surface area contributed by atoms with Crippen molar-refractivity contribution in [1.82, 2.24) is 20.4 Å². The molecule has 1 aliphatic rings. The van der Waals surface area contributed by atoms with Gasteiger partial charge in [-0.25, -0.2) is 0 Å². The minimum Gasteiger partial charge on any atom is -0.357 e. The highest BCUT2D eigenvalue weighted by Crippen LogP contribution is 2.17. The topological polar surface area (TPSA) is 60.0 Å². The Morgan fingerprint density at radius 3 is 2.31 bits per heavy atom. The van der Waals surface area contributed by atoms with Crippen molar-refractivity contribution in [3.05, 3.63) is 0 Å². The molecule has 6 nitrogen and oxygen atoms in total. The molecule has 1 amide bonds. The van der Waals surface area contributed by atoms with E-state index >= 15 is 0 Å². The number of hydrogen-bond acceptors (Lipinski definition) is 3. The summed E-state index contributed by atoms with van der Waals surface area (Å²) in [5.41, 5.74) is 0. The minimum atomic E-state index is 0. The van der Waals surface area contributed by atoms with Crippen LogP contribution in [0.2, 0.25) is 0 Å². The molecule has 0 aromatic rings. The monoisotopic (exact) mass is 481 g/mol. The molecular formula is C19H40IN5O. The van der Waals surface area contributed by atoms with Crippen molar-refractivity contribution >= 4 is 35.8 Å². The summed E-state index contributed by atoms with van der Waals surface area (Å²) >= 11 is 0. The molecule has 0 spiro atoms. The first-order valence-electron chi connectivity index (χ1n) is 10.2. The number of amides is 1. The summed E-state index contributed by atoms with van der Waals surface area (Å²) in [5.74, 6) is 1.73. The van der Waals surface area contributed by atoms with Crippen LogP contribution in [0, 0.1) is 5.92 Å². The number of piperidine rings is 1. The quantitative estimate of drug-likeness (QED) is 0.286. The van der Waals surface area contributed by atoms with E-state index in [-0.39, 0.29) is 29.9 Å². The molecule has 1 aliphatic heterocycles. The van der Waals surface area contributed by atoms with Gasteiger partial charge in [-0.2, -0.15) is 0 Å². The van der Waals surface area contributed by atoms with Gasteiger partial charge in [0.1, 0.15) is 0 Å². The number of nitrogens with zero attached hydrogens (tertiary/aromatic N) is 3. The second-order valence-electron chi connectivity index (χ2n) is 6.75. The number of nitrogens with one attached hydrogen (secondary N) is 2. The van der Waals surface area contributed by atoms with Crippen LogP contribution < -0.4 is 10.6 Å². The highest BCUT2D eigenvalue weighted by Gasteiger charge is 2.18. The first-order chi connectivity index (χ1) is 12.1. The van der Waals surface area contributed by atoms with E-state index in [1.165, 1.54) is 38.9 Å². The van der Waals surface area contributed by atoms with Crippen molar-refractivity contribution in [3.63, 3.8) is 0 Å². The summed E-state index contributed by atoms with van der Waals surface area (Å²) in [4.78, 5) is 21.2. The van der Waals surface area contributed by atoms with Crippen molar-refractivity contribution in [3.8, 4) is 0 Å². The van der Waals surface area contributed by atoms with E-state index < -0.39 is 0 Å². The summed E-state index contributed by atoms with van der Waals surface area (Å²) in [6.07, 6.45) is 4.23. The zero-order chi connectivity index (χ0) is 18.5. The van der Waals surface area contributed by atoms with Crippen molar-refractivity contribution < 1.29 is 4.79 Å². The van der Waals surface area contributed by atoms with Gasteiger partial charge in [0, 0.05) is 39.1 Å². The summed E-state index contributed by atoms with van der Waals surface area (Å²) in [6.45, 7) is 15.9. The number of rotatable bonds is 10. The fourth-order valence-electron chi connectivity index (χ4n) is 3.29. The molecule has 0 saturated carbocycles. The zero-order valence-electron chi connectivity index (χ0n) is 17.2. The Bertz CT molecular complexity index is 393. The molecule has 1 saturated heterocycles. The molecular weight excluding hydrogens is 441 g/mol. The molecule has 1 fully saturated rings. The van der Waals surface area contributed by atoms with E-state index in [2.05, 4.69) is 29.4 Å². The van der Waals surface area contributed by atoms with Crippen LogP contribution in [0.3, 0.4) is 0 Å². The lowest BCUT2D eigenvalue weighted by Gasteiger charge is -2.31. The third-order valence-electron chi connectivity index (χ3n) is 4.85. The first kappa shape index (κ1) is 25.4. The van der Waals surface area contributed by atoms with Gasteiger partial charge in [-0.1, -0.05) is 6.92 Å². The molecule has 0 aromatic carbocycles. The average Bonchev–Trinajstić information content (AvgIpc) is 2.62. The normalized spacial score (nSPS) is 16.1. The van der Waals surface area contributed by atoms with Crippen molar-refractivity contribution in [2.45, 2.75) is 53.4 Å². The molecule has 0 aromatic heterocycles. The molecule has 154 valence electrons. The molecule has 0 bridgehead atoms. The van der Waals surface area contributed by atoms with Gasteiger partial charge in [0.15, 0.2) is 5.96 Å². The van der Waals surface area contributed by atoms with Gasteiger partial charge in [0.2, 0.25) is 5.91 Å². The van der Waals surface area contributed by atoms with E-state index in [1.54, 1.807) is 0 Å². The summed E-state index contributed by atoms with van der Waals surface area (Å²) in [7, 11) is 0. The van der Waals surface area contributed by atoms with E-state index in [4.69, 9.17) is 4.99 Å². The fourth-order valence-corrected chi connectivity index (χ4v) is 3.29. The second kappa shape index (κ2) is 15.5. The molecule has 0 unspecified atom stereocenters. The van der Waals surface area contributed by atoms with Crippen molar-refractivity contribution in [2.75, 3.05) is 52.4 Å². The Morgan fingerprint density at radius 1 is 1.12 bits per heavy atom. The van der Waals surface area contributed by atoms with Crippen LogP contribution in [0.25, 0.3) is 0 Å². The highest BCUT2D eigenvalue weighted by molar-refractivity contribution is 14.0. The molecule has 7 heteroatoms. The maximum Gasteiger partial charge on any atom is 0.224 e. The Kier molecular flexibility index (Phi) is 15.1. The largest absolute Gasteiger partial charge is 0.357 e. The van der Waals surface area contributed by atoms with E-state index in [1.807, 2.05) is 18.7 Å². The van der Waals surface area contributed by atoms with Gasteiger partial charge >= 0.3 is 0 Å². The van der Waals surface area contributed by atoms with Crippen LogP contribution in [-0.2, 0) is 4.79 Å². The average molecular weight is 481 g/mol. The third kappa shape index (κ3) is 9.94. The summed E-state index contributed by atoms with van der Waals surface area (Å²) in [5, 5.41) is 6.59. The molecule has 0 radical (unpaired) electrons. The third-order valence-corrected chi connectivity index (χ3v) is 4.85. The maximum atomic E-state index is 12.1. The van der Waals surface area contributed by atoms with Gasteiger partial charge in [0.05, 0.1) is 0 Å². The fraction of sp³-hybridized carbons (Fsp3) is 0.895. The second-order valence-corrected chi connectivity index (χ2v) is 6.75. The van der Waals surface area contributed by atoms with E-state index in [0.717, 1.165) is 32.1 Å². The number of hydrogen-bond donors (Lipinski definition) is 2. The number of halogens is 1. The van der Waals surface area contributed by atoms with Crippen LogP contribution >= 0.6 is 24.0 Å². The van der Waals surface area contributed by atoms with E-state index in [9.17, 15) is 4.79 Å². The van der Waals surface area contributed by atoms with Crippen LogP contribution in [-0.4, -0.2) is 74.0 Å². The van der Waals surface area contributed by atoms with Crippen molar-refractivity contribution in [1.29, 1.82) is 0 Å². The van der Waals surface area contributed by atoms with Crippen molar-refractivity contribution in [2.24, 2.45) is 10.9 Å². The van der Waals surface area contributed by atoms with Gasteiger partial charge in [-0.3, -0.25) is 9.79 Å². The Labute approximate surface area is 177 Å². The Hall–Kier alpha value is -0.570. The maximum absolute atomic E-state index is 12.1. The van der Waals surface area contributed by atoms with Gasteiger partial charge in [0.25, 0.3) is 0 Å². The summed E-state index contributed by atoms with van der Waals surface area (Å²) < 4.78 is 0. The predicted molar refractivity (Wildman–Crippen MR) is 121 cm³/mol. The molecule has 0 aliphatic carbocycles. The first-order valence-corrected chi connectivity index (χ1v) is 10.2. The van der Waals surface area contributed by atoms with Gasteiger partial charge in [-0.05, 0) is 65.6 Å². The smallest absolute Gasteiger partial charge is 0.224 e. The lowest BCUT2D eigenvalue weighted by atomic mass is 9.97. The zero-order valence-corrected chi connectivity index (χ0v) is 19.6. The lowest BCUT2D eigenvalue weighted by molar-refractivity contribution is -0.130. The number of carbonyl (C=O) groups excluding carboxylic acids is 1. The number of aliphatic imine (C=N–C) groups is 1. The highest BCUT2D eigenvalue weighted by atomic mass is 127. The standard InChI is InChI=1S/C19H39N5O.HI/c1-5-13-23-14-10-17(11-15-23)16-22-19(20-6-2)21-12-9-18(25)24(7-3)8-4;/h17H,5-16H2,1-4H3,(H2,20,21,22);1H. The van der Waals surface area contributed by atoms with Crippen LogP contribution in [0.4, 0.5) is 0 Å². The minimum absolute atomic E-state index is 0. The van der Waals surface area contributed by atoms with Crippen LogP contribution in [0.15, 0.2) is 4.99 Å². The predicted octanol–water partition coefficient (Wildman–Crippen LogP) is 2.54. The number of guanidine groups is 1. The summed E-state index contributed by atoms with van der Waals surface area (Å²) in [6, 6.07) is 0. The van der Waals surface area contributed by atoms with Crippen LogP contribution in [0.5, 0.6) is 0 Å². The molecule has 0 atom stereocenters. The van der Waals surface area contributed by atoms with E-state index in [0.29, 0.717) is 18.9 Å².